The molecule has 8 heteroatoms. The zero-order valence-corrected chi connectivity index (χ0v) is 13.0. The van der Waals surface area contributed by atoms with Crippen LogP contribution in [0.15, 0.2) is 0 Å². The highest BCUT2D eigenvalue weighted by molar-refractivity contribution is 7.09. The number of carbonyl (C=O) groups is 1. The lowest BCUT2D eigenvalue weighted by Crippen LogP contribution is -2.50. The lowest BCUT2D eigenvalue weighted by molar-refractivity contribution is -0.143. The van der Waals surface area contributed by atoms with Crippen molar-refractivity contribution in [3.63, 3.8) is 0 Å². The smallest absolute Gasteiger partial charge is 0.253 e. The van der Waals surface area contributed by atoms with Gasteiger partial charge in [0, 0.05) is 38.3 Å². The average molecular weight is 312 g/mol. The van der Waals surface area contributed by atoms with Crippen LogP contribution in [0.1, 0.15) is 18.7 Å². The number of hydrogen-bond acceptors (Lipinski definition) is 7. The molecule has 0 aliphatic carbocycles. The van der Waals surface area contributed by atoms with Gasteiger partial charge in [0.15, 0.2) is 11.9 Å². The molecule has 1 amide bonds. The number of rotatable bonds is 4. The summed E-state index contributed by atoms with van der Waals surface area (Å²) in [4.78, 5) is 20.8. The van der Waals surface area contributed by atoms with E-state index >= 15 is 0 Å². The molecule has 2 aliphatic rings. The minimum absolute atomic E-state index is 0.110. The fourth-order valence-corrected chi connectivity index (χ4v) is 3.38. The summed E-state index contributed by atoms with van der Waals surface area (Å²) in [5, 5.41) is 0.838. The molecule has 0 N–H and O–H groups in total. The Bertz CT molecular complexity index is 490. The molecule has 0 aromatic carbocycles. The molecule has 2 aliphatic heterocycles. The summed E-state index contributed by atoms with van der Waals surface area (Å²) in [7, 11) is 1.63. The Balaban J connectivity index is 1.63. The number of morpholine rings is 1. The molecule has 1 unspecified atom stereocenters. The van der Waals surface area contributed by atoms with Gasteiger partial charge in [0.25, 0.3) is 5.91 Å². The fraction of sp³-hybridized carbons (Fsp3) is 0.769. The monoisotopic (exact) mass is 312 g/mol. The van der Waals surface area contributed by atoms with Gasteiger partial charge >= 0.3 is 0 Å². The molecule has 7 nitrogen and oxygen atoms in total. The zero-order chi connectivity index (χ0) is 14.7. The van der Waals surface area contributed by atoms with Crippen molar-refractivity contribution in [3.8, 4) is 0 Å². The molecule has 0 radical (unpaired) electrons. The molecular formula is C13H20N4O3S. The Morgan fingerprint density at radius 2 is 2.24 bits per heavy atom. The highest BCUT2D eigenvalue weighted by atomic mass is 32.1. The standard InChI is InChI=1S/C13H20N4O3S/c1-19-9-11-14-13(21-15-11)17-6-7-20-10(8-17)12(18)16-4-2-3-5-16/h10H,2-9H2,1H3. The Hall–Kier alpha value is -1.25. The van der Waals surface area contributed by atoms with Gasteiger partial charge in [-0.25, -0.2) is 4.98 Å². The highest BCUT2D eigenvalue weighted by Gasteiger charge is 2.32. The normalized spacial score (nSPS) is 22.8. The summed E-state index contributed by atoms with van der Waals surface area (Å²) in [5.41, 5.74) is 0. The van der Waals surface area contributed by atoms with Crippen molar-refractivity contribution in [2.75, 3.05) is 44.8 Å². The van der Waals surface area contributed by atoms with Crippen LogP contribution in [0.2, 0.25) is 0 Å². The summed E-state index contributed by atoms with van der Waals surface area (Å²) in [5.74, 6) is 0.797. The molecule has 2 fully saturated rings. The van der Waals surface area contributed by atoms with E-state index in [2.05, 4.69) is 14.3 Å². The van der Waals surface area contributed by atoms with Crippen molar-refractivity contribution in [2.24, 2.45) is 0 Å². The van der Waals surface area contributed by atoms with Gasteiger partial charge in [0.05, 0.1) is 13.2 Å². The first-order valence-corrected chi connectivity index (χ1v) is 8.02. The molecule has 1 aromatic heterocycles. The molecule has 0 saturated carbocycles. The Morgan fingerprint density at radius 3 is 3.00 bits per heavy atom. The van der Waals surface area contributed by atoms with Crippen molar-refractivity contribution in [1.29, 1.82) is 0 Å². The number of amides is 1. The topological polar surface area (TPSA) is 67.8 Å². The van der Waals surface area contributed by atoms with E-state index in [9.17, 15) is 4.79 Å². The molecule has 116 valence electrons. The van der Waals surface area contributed by atoms with Gasteiger partial charge in [-0.05, 0) is 12.8 Å². The van der Waals surface area contributed by atoms with Crippen LogP contribution in [0.3, 0.4) is 0 Å². The minimum Gasteiger partial charge on any atom is -0.377 e. The van der Waals surface area contributed by atoms with Crippen molar-refractivity contribution < 1.29 is 14.3 Å². The van der Waals surface area contributed by atoms with Gasteiger partial charge in [0.2, 0.25) is 5.13 Å². The number of anilines is 1. The molecule has 1 aromatic rings. The van der Waals surface area contributed by atoms with Crippen molar-refractivity contribution in [2.45, 2.75) is 25.6 Å². The number of carbonyl (C=O) groups excluding carboxylic acids is 1. The first kappa shape index (κ1) is 14.7. The number of ether oxygens (including phenoxy) is 2. The second-order valence-corrected chi connectivity index (χ2v) is 5.99. The quantitative estimate of drug-likeness (QED) is 0.807. The zero-order valence-electron chi connectivity index (χ0n) is 12.2. The van der Waals surface area contributed by atoms with Gasteiger partial charge in [-0.2, -0.15) is 4.37 Å². The van der Waals surface area contributed by atoms with Crippen LogP contribution >= 0.6 is 11.5 Å². The van der Waals surface area contributed by atoms with Crippen LogP contribution in [-0.2, 0) is 20.9 Å². The third-order valence-electron chi connectivity index (χ3n) is 3.76. The second kappa shape index (κ2) is 6.67. The third kappa shape index (κ3) is 3.33. The van der Waals surface area contributed by atoms with E-state index in [1.807, 2.05) is 4.90 Å². The van der Waals surface area contributed by atoms with E-state index in [-0.39, 0.29) is 12.0 Å². The molecule has 3 heterocycles. The molecule has 0 spiro atoms. The maximum Gasteiger partial charge on any atom is 0.253 e. The number of aromatic nitrogens is 2. The van der Waals surface area contributed by atoms with Crippen LogP contribution in [0.5, 0.6) is 0 Å². The van der Waals surface area contributed by atoms with Crippen molar-refractivity contribution in [3.05, 3.63) is 5.82 Å². The van der Waals surface area contributed by atoms with Crippen molar-refractivity contribution >= 4 is 22.6 Å². The average Bonchev–Trinajstić information content (AvgIpc) is 3.18. The van der Waals surface area contributed by atoms with E-state index in [0.29, 0.717) is 25.6 Å². The summed E-state index contributed by atoms with van der Waals surface area (Å²) < 4.78 is 14.9. The van der Waals surface area contributed by atoms with E-state index in [0.717, 1.165) is 37.6 Å². The lowest BCUT2D eigenvalue weighted by Gasteiger charge is -2.33. The second-order valence-electron chi connectivity index (χ2n) is 5.26. The van der Waals surface area contributed by atoms with Crippen LogP contribution in [0, 0.1) is 0 Å². The van der Waals surface area contributed by atoms with E-state index in [1.165, 1.54) is 11.5 Å². The molecule has 2 saturated heterocycles. The fourth-order valence-electron chi connectivity index (χ4n) is 2.67. The Labute approximate surface area is 128 Å². The van der Waals surface area contributed by atoms with Gasteiger partial charge in [-0.1, -0.05) is 0 Å². The SMILES string of the molecule is COCc1nsc(N2CCOC(C(=O)N3CCCC3)C2)n1. The van der Waals surface area contributed by atoms with E-state index in [4.69, 9.17) is 9.47 Å². The van der Waals surface area contributed by atoms with Crippen molar-refractivity contribution in [1.82, 2.24) is 14.3 Å². The predicted molar refractivity (Wildman–Crippen MR) is 78.4 cm³/mol. The number of hydrogen-bond donors (Lipinski definition) is 0. The third-order valence-corrected chi connectivity index (χ3v) is 4.58. The maximum absolute atomic E-state index is 12.4. The highest BCUT2D eigenvalue weighted by Crippen LogP contribution is 2.22. The van der Waals surface area contributed by atoms with Gasteiger partial charge < -0.3 is 19.3 Å². The molecule has 21 heavy (non-hydrogen) atoms. The van der Waals surface area contributed by atoms with E-state index in [1.54, 1.807) is 7.11 Å². The summed E-state index contributed by atoms with van der Waals surface area (Å²) in [6, 6.07) is 0. The summed E-state index contributed by atoms with van der Waals surface area (Å²) in [6.07, 6.45) is 1.81. The Morgan fingerprint density at radius 1 is 1.43 bits per heavy atom. The minimum atomic E-state index is -0.383. The van der Waals surface area contributed by atoms with Gasteiger partial charge in [-0.3, -0.25) is 4.79 Å². The molecule has 1 atom stereocenters. The van der Waals surface area contributed by atoms with Crippen LogP contribution < -0.4 is 4.90 Å². The first-order chi connectivity index (χ1) is 10.3. The molecule has 0 bridgehead atoms. The summed E-state index contributed by atoms with van der Waals surface area (Å²) in [6.45, 7) is 3.97. The van der Waals surface area contributed by atoms with E-state index < -0.39 is 0 Å². The largest absolute Gasteiger partial charge is 0.377 e. The predicted octanol–water partition coefficient (Wildman–Crippen LogP) is 0.512. The summed E-state index contributed by atoms with van der Waals surface area (Å²) >= 11 is 1.35. The first-order valence-electron chi connectivity index (χ1n) is 7.25. The maximum atomic E-state index is 12.4. The van der Waals surface area contributed by atoms with Gasteiger partial charge in [-0.15, -0.1) is 0 Å². The number of methoxy groups -OCH3 is 1. The van der Waals surface area contributed by atoms with Crippen LogP contribution in [0.4, 0.5) is 5.13 Å². The van der Waals surface area contributed by atoms with Crippen LogP contribution in [-0.4, -0.2) is 66.2 Å². The van der Waals surface area contributed by atoms with Crippen LogP contribution in [0.25, 0.3) is 0 Å². The molecule has 3 rings (SSSR count). The number of nitrogens with zero attached hydrogens (tertiary/aromatic N) is 4. The lowest BCUT2D eigenvalue weighted by atomic mass is 10.2. The molecular weight excluding hydrogens is 292 g/mol. The Kier molecular flexibility index (Phi) is 4.67. The van der Waals surface area contributed by atoms with Gasteiger partial charge in [0.1, 0.15) is 6.61 Å². The number of likely N-dealkylation sites (tertiary alicyclic amines) is 1.